The van der Waals surface area contributed by atoms with Gasteiger partial charge in [0.15, 0.2) is 5.60 Å². The molecule has 3 heterocycles. The molecule has 2 saturated heterocycles. The van der Waals surface area contributed by atoms with Gasteiger partial charge in [0.05, 0.1) is 32.4 Å². The average Bonchev–Trinajstić information content (AvgIpc) is 3.51. The van der Waals surface area contributed by atoms with Crippen molar-refractivity contribution in [2.45, 2.75) is 176 Å². The molecule has 0 radical (unpaired) electrons. The number of ether oxygens (including phenoxy) is 3. The third kappa shape index (κ3) is 5.89. The Kier molecular flexibility index (Phi) is 10.0. The first-order chi connectivity index (χ1) is 22.7. The van der Waals surface area contributed by atoms with Crippen LogP contribution < -0.4 is 0 Å². The summed E-state index contributed by atoms with van der Waals surface area (Å²) in [4.78, 5) is 32.8. The average molecular weight is 671 g/mol. The van der Waals surface area contributed by atoms with Crippen molar-refractivity contribution in [3.8, 4) is 0 Å². The van der Waals surface area contributed by atoms with Crippen LogP contribution in [0.1, 0.15) is 116 Å². The van der Waals surface area contributed by atoms with Crippen LogP contribution in [0.15, 0.2) is 11.3 Å². The van der Waals surface area contributed by atoms with Gasteiger partial charge in [-0.1, -0.05) is 52.1 Å². The number of nitrogens with zero attached hydrogens (tertiary/aromatic N) is 2. The Bertz CT molecular complexity index is 1200. The van der Waals surface area contributed by atoms with Crippen LogP contribution in [0.5, 0.6) is 0 Å². The zero-order valence-corrected chi connectivity index (χ0v) is 30.7. The van der Waals surface area contributed by atoms with Gasteiger partial charge >= 0.3 is 0 Å². The Morgan fingerprint density at radius 1 is 0.957 bits per heavy atom. The van der Waals surface area contributed by atoms with Crippen LogP contribution >= 0.6 is 0 Å². The van der Waals surface area contributed by atoms with E-state index < -0.39 is 13.7 Å². The van der Waals surface area contributed by atoms with Crippen LogP contribution in [0, 0.1) is 11.8 Å². The molecule has 0 aromatic heterocycles. The lowest BCUT2D eigenvalue weighted by molar-refractivity contribution is -0.167. The monoisotopic (exact) mass is 670 g/mol. The van der Waals surface area contributed by atoms with E-state index in [1.165, 1.54) is 37.0 Å². The van der Waals surface area contributed by atoms with Crippen LogP contribution in [0.3, 0.4) is 0 Å². The summed E-state index contributed by atoms with van der Waals surface area (Å²) in [5.74, 6) is 0.842. The zero-order valence-electron chi connectivity index (χ0n) is 29.7. The van der Waals surface area contributed by atoms with Gasteiger partial charge in [0, 0.05) is 37.9 Å². The molecule has 264 valence electrons. The molecule has 47 heavy (non-hydrogen) atoms. The second-order valence-corrected chi connectivity index (χ2v) is 22.1. The maximum Gasteiger partial charge on any atom is 0.263 e. The number of amides is 2. The van der Waals surface area contributed by atoms with Crippen molar-refractivity contribution in [3.05, 3.63) is 11.3 Å². The van der Waals surface area contributed by atoms with E-state index in [-0.39, 0.29) is 55.2 Å². The van der Waals surface area contributed by atoms with E-state index in [4.69, 9.17) is 14.2 Å². The number of aliphatic hydroxyl groups excluding tert-OH is 1. The maximum atomic E-state index is 15.1. The molecular formula is C38H62N2O6Si. The quantitative estimate of drug-likeness (QED) is 0.294. The number of methoxy groups -OCH3 is 1. The second kappa shape index (κ2) is 13.8. The molecule has 8 nitrogen and oxygen atoms in total. The van der Waals surface area contributed by atoms with E-state index in [0.717, 1.165) is 83.6 Å². The lowest BCUT2D eigenvalue weighted by atomic mass is 9.78. The summed E-state index contributed by atoms with van der Waals surface area (Å²) in [6.45, 7) is 8.51. The lowest BCUT2D eigenvalue weighted by Crippen LogP contribution is -2.60. The molecule has 7 aliphatic rings. The summed E-state index contributed by atoms with van der Waals surface area (Å²) in [6.07, 6.45) is 18.6. The second-order valence-electron chi connectivity index (χ2n) is 17.0. The number of hydrogen-bond acceptors (Lipinski definition) is 6. The standard InChI is InChI=1S/C38H62N2O6Si/c1-25-36(47(3,4)29-18-16-28(44-2)17-19-29)34(20-21-41)46-38(25)30-12-5-6-13-31(30)39(37(38)43)23-26-10-9-11-27(22-26)40-32-14-7-8-15-33(32)45-24-35(40)42/h25-29,32-34,36,41H,5-24H2,1-4H3/t25-,26?,27?,28?,29?,32?,33?,34+,36-,38+/m1/s1. The molecule has 3 saturated carbocycles. The normalized spacial score (nSPS) is 41.5. The molecule has 0 bridgehead atoms. The lowest BCUT2D eigenvalue weighted by Gasteiger charge is -2.49. The van der Waals surface area contributed by atoms with Gasteiger partial charge in [-0.3, -0.25) is 9.59 Å². The number of aliphatic hydroxyl groups is 1. The summed E-state index contributed by atoms with van der Waals surface area (Å²) in [5, 5.41) is 10.3. The minimum Gasteiger partial charge on any atom is -0.396 e. The number of morpholine rings is 1. The van der Waals surface area contributed by atoms with Crippen LogP contribution in [0.2, 0.25) is 24.2 Å². The highest BCUT2D eigenvalue weighted by atomic mass is 28.3. The van der Waals surface area contributed by atoms with Crippen LogP contribution in [0.4, 0.5) is 0 Å². The van der Waals surface area contributed by atoms with Gasteiger partial charge in [0.2, 0.25) is 5.91 Å². The van der Waals surface area contributed by atoms with Gasteiger partial charge < -0.3 is 29.1 Å². The van der Waals surface area contributed by atoms with Crippen molar-refractivity contribution in [2.24, 2.45) is 11.8 Å². The fraction of sp³-hybridized carbons (Fsp3) is 0.895. The van der Waals surface area contributed by atoms with Crippen molar-refractivity contribution in [3.63, 3.8) is 0 Å². The fourth-order valence-electron chi connectivity index (χ4n) is 12.1. The molecular weight excluding hydrogens is 609 g/mol. The van der Waals surface area contributed by atoms with Gasteiger partial charge in [-0.25, -0.2) is 0 Å². The van der Waals surface area contributed by atoms with E-state index in [1.54, 1.807) is 0 Å². The molecule has 0 aromatic carbocycles. The Morgan fingerprint density at radius 3 is 2.49 bits per heavy atom. The Labute approximate surface area is 284 Å². The third-order valence-corrected chi connectivity index (χ3v) is 19.6. The predicted molar refractivity (Wildman–Crippen MR) is 185 cm³/mol. The number of hydrogen-bond donors (Lipinski definition) is 1. The highest BCUT2D eigenvalue weighted by Crippen LogP contribution is 2.61. The molecule has 1 N–H and O–H groups in total. The molecule has 1 spiro atoms. The fourth-order valence-corrected chi connectivity index (χ4v) is 17.1. The number of fused-ring (bicyclic) bond motifs is 2. The van der Waals surface area contributed by atoms with Crippen molar-refractivity contribution in [1.29, 1.82) is 0 Å². The number of allylic oxidation sites excluding steroid dienone is 1. The van der Waals surface area contributed by atoms with E-state index in [0.29, 0.717) is 29.5 Å². The van der Waals surface area contributed by atoms with Crippen LogP contribution in [-0.4, -0.2) is 97.7 Å². The molecule has 8 atom stereocenters. The van der Waals surface area contributed by atoms with E-state index in [2.05, 4.69) is 29.8 Å². The largest absolute Gasteiger partial charge is 0.396 e. The summed E-state index contributed by atoms with van der Waals surface area (Å²) in [6, 6.07) is 0.477. The van der Waals surface area contributed by atoms with Crippen molar-refractivity contribution >= 4 is 19.9 Å². The van der Waals surface area contributed by atoms with Crippen LogP contribution in [-0.2, 0) is 23.8 Å². The van der Waals surface area contributed by atoms with E-state index in [9.17, 15) is 9.90 Å². The molecule has 0 aromatic rings. The highest BCUT2D eigenvalue weighted by Gasteiger charge is 2.67. The summed E-state index contributed by atoms with van der Waals surface area (Å²) in [7, 11) is -0.0580. The van der Waals surface area contributed by atoms with Gasteiger partial charge in [0.25, 0.3) is 5.91 Å². The number of carbonyl (C=O) groups is 2. The van der Waals surface area contributed by atoms with E-state index in [1.807, 2.05) is 7.11 Å². The SMILES string of the molecule is COC1CCC([Si](C)(C)[C@H]2[C@H](CCO)O[C@@]3(C(=O)N(CC4CCCC(N5C(=O)COC6CCCCC65)C4)C4=C3CCCC4)[C@@H]2C)CC1. The van der Waals surface area contributed by atoms with Crippen LogP contribution in [0.25, 0.3) is 0 Å². The first-order valence-electron chi connectivity index (χ1n) is 19.5. The first-order valence-corrected chi connectivity index (χ1v) is 22.6. The van der Waals surface area contributed by atoms with Crippen molar-refractivity contribution < 1.29 is 28.9 Å². The summed E-state index contributed by atoms with van der Waals surface area (Å²) in [5.41, 5.74) is 2.67. The van der Waals surface area contributed by atoms with E-state index >= 15 is 4.79 Å². The molecule has 4 unspecified atom stereocenters. The summed E-state index contributed by atoms with van der Waals surface area (Å²) < 4.78 is 19.0. The zero-order chi connectivity index (χ0) is 32.9. The molecule has 3 aliphatic heterocycles. The van der Waals surface area contributed by atoms with Crippen molar-refractivity contribution in [2.75, 3.05) is 26.9 Å². The first kappa shape index (κ1) is 34.2. The minimum absolute atomic E-state index is 0.0776. The van der Waals surface area contributed by atoms with Gasteiger partial charge in [-0.2, -0.15) is 0 Å². The topological polar surface area (TPSA) is 88.5 Å². The molecule has 5 fully saturated rings. The molecule has 7 rings (SSSR count). The number of carbonyl (C=O) groups excluding carboxylic acids is 2. The summed E-state index contributed by atoms with van der Waals surface area (Å²) >= 11 is 0. The Hall–Kier alpha value is -1.26. The molecule has 2 amide bonds. The Morgan fingerprint density at radius 2 is 1.72 bits per heavy atom. The van der Waals surface area contributed by atoms with Gasteiger partial charge in [0.1, 0.15) is 6.61 Å². The molecule has 9 heteroatoms. The predicted octanol–water partition coefficient (Wildman–Crippen LogP) is 6.58. The molecule has 4 aliphatic carbocycles. The van der Waals surface area contributed by atoms with Crippen molar-refractivity contribution in [1.82, 2.24) is 9.80 Å². The third-order valence-electron chi connectivity index (χ3n) is 14.3. The van der Waals surface area contributed by atoms with Gasteiger partial charge in [-0.15, -0.1) is 0 Å². The maximum absolute atomic E-state index is 15.1. The Balaban J connectivity index is 1.13. The minimum atomic E-state index is -1.90. The smallest absolute Gasteiger partial charge is 0.263 e. The van der Waals surface area contributed by atoms with Gasteiger partial charge in [-0.05, 0) is 99.6 Å². The highest BCUT2D eigenvalue weighted by molar-refractivity contribution is 6.80. The number of rotatable bonds is 8.